The highest BCUT2D eigenvalue weighted by molar-refractivity contribution is 7.92. The molecule has 4 nitrogen and oxygen atoms in total. The van der Waals surface area contributed by atoms with Crippen LogP contribution in [0.1, 0.15) is 5.56 Å². The van der Waals surface area contributed by atoms with Crippen LogP contribution in [-0.2, 0) is 10.0 Å². The molecule has 0 spiro atoms. The fourth-order valence-corrected chi connectivity index (χ4v) is 2.77. The first kappa shape index (κ1) is 13.4. The molecule has 0 saturated carbocycles. The minimum atomic E-state index is -3.53. The number of hydrogen-bond donors (Lipinski definition) is 2. The van der Waals surface area contributed by atoms with E-state index in [0.29, 0.717) is 5.69 Å². The Balaban J connectivity index is 2.27. The van der Waals surface area contributed by atoms with Crippen molar-refractivity contribution in [3.05, 3.63) is 54.1 Å². The molecule has 0 radical (unpaired) electrons. The van der Waals surface area contributed by atoms with E-state index >= 15 is 0 Å². The summed E-state index contributed by atoms with van der Waals surface area (Å²) in [6, 6.07) is 13.9. The molecule has 0 aliphatic rings. The molecule has 0 saturated heterocycles. The largest absolute Gasteiger partial charge is 0.388 e. The molecule has 5 heteroatoms. The summed E-state index contributed by atoms with van der Waals surface area (Å²) in [6.07, 6.45) is 0. The first-order valence-electron chi connectivity index (χ1n) is 5.88. The SMILES string of the molecule is CNc1ccc(S(=O)(=O)Nc2cccc(C)c2)cc1. The Morgan fingerprint density at radius 3 is 2.21 bits per heavy atom. The molecule has 0 bridgehead atoms. The molecule has 100 valence electrons. The summed E-state index contributed by atoms with van der Waals surface area (Å²) < 4.78 is 26.9. The minimum Gasteiger partial charge on any atom is -0.388 e. The second-order valence-electron chi connectivity index (χ2n) is 4.25. The molecule has 0 heterocycles. The van der Waals surface area contributed by atoms with E-state index in [2.05, 4.69) is 10.0 Å². The van der Waals surface area contributed by atoms with Gasteiger partial charge in [-0.15, -0.1) is 0 Å². The van der Waals surface area contributed by atoms with Gasteiger partial charge in [0.25, 0.3) is 10.0 Å². The van der Waals surface area contributed by atoms with Gasteiger partial charge in [0.2, 0.25) is 0 Å². The van der Waals surface area contributed by atoms with E-state index in [1.807, 2.05) is 19.1 Å². The summed E-state index contributed by atoms with van der Waals surface area (Å²) in [5.41, 5.74) is 2.44. The van der Waals surface area contributed by atoms with Crippen molar-refractivity contribution in [2.75, 3.05) is 17.1 Å². The van der Waals surface area contributed by atoms with Crippen LogP contribution in [0, 0.1) is 6.92 Å². The lowest BCUT2D eigenvalue weighted by molar-refractivity contribution is 0.601. The maximum atomic E-state index is 12.2. The fourth-order valence-electron chi connectivity index (χ4n) is 1.72. The van der Waals surface area contributed by atoms with E-state index in [9.17, 15) is 8.42 Å². The summed E-state index contributed by atoms with van der Waals surface area (Å²) in [7, 11) is -1.75. The lowest BCUT2D eigenvalue weighted by atomic mass is 10.2. The highest BCUT2D eigenvalue weighted by atomic mass is 32.2. The van der Waals surface area contributed by atoms with Crippen LogP contribution < -0.4 is 10.0 Å². The molecule has 0 unspecified atom stereocenters. The van der Waals surface area contributed by atoms with Gasteiger partial charge < -0.3 is 5.32 Å². The van der Waals surface area contributed by atoms with Crippen LogP contribution >= 0.6 is 0 Å². The predicted molar refractivity (Wildman–Crippen MR) is 78.0 cm³/mol. The third-order valence-electron chi connectivity index (χ3n) is 2.72. The molecule has 0 aromatic heterocycles. The number of sulfonamides is 1. The molecule has 19 heavy (non-hydrogen) atoms. The number of aryl methyl sites for hydroxylation is 1. The fraction of sp³-hybridized carbons (Fsp3) is 0.143. The molecule has 2 aromatic carbocycles. The molecule has 2 N–H and O–H groups in total. The highest BCUT2D eigenvalue weighted by Crippen LogP contribution is 2.18. The smallest absolute Gasteiger partial charge is 0.261 e. The van der Waals surface area contributed by atoms with Gasteiger partial charge in [-0.1, -0.05) is 12.1 Å². The van der Waals surface area contributed by atoms with Gasteiger partial charge in [-0.2, -0.15) is 0 Å². The second kappa shape index (κ2) is 5.32. The zero-order chi connectivity index (χ0) is 13.9. The van der Waals surface area contributed by atoms with E-state index < -0.39 is 10.0 Å². The van der Waals surface area contributed by atoms with Crippen molar-refractivity contribution in [1.82, 2.24) is 0 Å². The Kier molecular flexibility index (Phi) is 3.76. The maximum Gasteiger partial charge on any atom is 0.261 e. The van der Waals surface area contributed by atoms with Crippen LogP contribution in [0.4, 0.5) is 11.4 Å². The lowest BCUT2D eigenvalue weighted by Crippen LogP contribution is -2.12. The van der Waals surface area contributed by atoms with Crippen molar-refractivity contribution in [3.63, 3.8) is 0 Å². The zero-order valence-corrected chi connectivity index (χ0v) is 11.7. The number of nitrogens with one attached hydrogen (secondary N) is 2. The van der Waals surface area contributed by atoms with Crippen molar-refractivity contribution in [2.24, 2.45) is 0 Å². The van der Waals surface area contributed by atoms with E-state index in [4.69, 9.17) is 0 Å². The number of hydrogen-bond acceptors (Lipinski definition) is 3. The number of anilines is 2. The lowest BCUT2D eigenvalue weighted by Gasteiger charge is -2.09. The Bertz CT molecular complexity index is 664. The molecule has 0 fully saturated rings. The summed E-state index contributed by atoms with van der Waals surface area (Å²) in [5.74, 6) is 0. The van der Waals surface area contributed by atoms with Crippen molar-refractivity contribution in [1.29, 1.82) is 0 Å². The second-order valence-corrected chi connectivity index (χ2v) is 5.93. The average molecular weight is 276 g/mol. The van der Waals surface area contributed by atoms with Gasteiger partial charge in [-0.25, -0.2) is 8.42 Å². The van der Waals surface area contributed by atoms with Crippen LogP contribution in [0.3, 0.4) is 0 Å². The van der Waals surface area contributed by atoms with Crippen LogP contribution in [0.2, 0.25) is 0 Å². The third kappa shape index (κ3) is 3.26. The van der Waals surface area contributed by atoms with Crippen molar-refractivity contribution in [3.8, 4) is 0 Å². The number of rotatable bonds is 4. The van der Waals surface area contributed by atoms with E-state index in [-0.39, 0.29) is 4.90 Å². The summed E-state index contributed by atoms with van der Waals surface area (Å²) in [4.78, 5) is 0.244. The van der Waals surface area contributed by atoms with Crippen LogP contribution in [0.25, 0.3) is 0 Å². The van der Waals surface area contributed by atoms with Gasteiger partial charge in [-0.05, 0) is 48.9 Å². The van der Waals surface area contributed by atoms with Crippen LogP contribution in [0.15, 0.2) is 53.4 Å². The third-order valence-corrected chi connectivity index (χ3v) is 4.12. The average Bonchev–Trinajstić information content (AvgIpc) is 2.38. The Hall–Kier alpha value is -2.01. The maximum absolute atomic E-state index is 12.2. The Labute approximate surface area is 113 Å². The van der Waals surface area contributed by atoms with Crippen molar-refractivity contribution >= 4 is 21.4 Å². The first-order valence-corrected chi connectivity index (χ1v) is 7.37. The normalized spacial score (nSPS) is 11.1. The van der Waals surface area contributed by atoms with Gasteiger partial charge >= 0.3 is 0 Å². The van der Waals surface area contributed by atoms with Gasteiger partial charge in [0.15, 0.2) is 0 Å². The zero-order valence-electron chi connectivity index (χ0n) is 10.8. The van der Waals surface area contributed by atoms with Crippen LogP contribution in [0.5, 0.6) is 0 Å². The topological polar surface area (TPSA) is 58.2 Å². The molecule has 0 amide bonds. The molecule has 2 rings (SSSR count). The summed E-state index contributed by atoms with van der Waals surface area (Å²) in [5, 5.41) is 2.95. The molecule has 0 aliphatic heterocycles. The predicted octanol–water partition coefficient (Wildman–Crippen LogP) is 2.84. The number of benzene rings is 2. The Morgan fingerprint density at radius 1 is 0.947 bits per heavy atom. The Morgan fingerprint density at radius 2 is 1.63 bits per heavy atom. The molecular weight excluding hydrogens is 260 g/mol. The van der Waals surface area contributed by atoms with Crippen molar-refractivity contribution in [2.45, 2.75) is 11.8 Å². The van der Waals surface area contributed by atoms with Crippen molar-refractivity contribution < 1.29 is 8.42 Å². The quantitative estimate of drug-likeness (QED) is 0.902. The van der Waals surface area contributed by atoms with E-state index in [1.54, 1.807) is 43.4 Å². The van der Waals surface area contributed by atoms with E-state index in [1.165, 1.54) is 0 Å². The van der Waals surface area contributed by atoms with Gasteiger partial charge in [0, 0.05) is 18.4 Å². The van der Waals surface area contributed by atoms with Gasteiger partial charge in [0.1, 0.15) is 0 Å². The minimum absolute atomic E-state index is 0.244. The monoisotopic (exact) mass is 276 g/mol. The molecule has 0 aliphatic carbocycles. The molecule has 2 aromatic rings. The van der Waals surface area contributed by atoms with Gasteiger partial charge in [0.05, 0.1) is 4.90 Å². The van der Waals surface area contributed by atoms with Crippen LogP contribution in [-0.4, -0.2) is 15.5 Å². The first-order chi connectivity index (χ1) is 9.01. The molecular formula is C14H16N2O2S. The standard InChI is InChI=1S/C14H16N2O2S/c1-11-4-3-5-13(10-11)16-19(17,18)14-8-6-12(15-2)7-9-14/h3-10,15-16H,1-2H3. The van der Waals surface area contributed by atoms with Gasteiger partial charge in [-0.3, -0.25) is 4.72 Å². The summed E-state index contributed by atoms with van der Waals surface area (Å²) in [6.45, 7) is 1.92. The van der Waals surface area contributed by atoms with E-state index in [0.717, 1.165) is 11.3 Å². The molecule has 0 atom stereocenters. The highest BCUT2D eigenvalue weighted by Gasteiger charge is 2.13. The summed E-state index contributed by atoms with van der Waals surface area (Å²) >= 11 is 0.